The molecule has 9 heteroatoms. The summed E-state index contributed by atoms with van der Waals surface area (Å²) in [6, 6.07) is 5.16. The minimum atomic E-state index is -0.331. The number of aliphatic hydroxyl groups is 1. The van der Waals surface area contributed by atoms with Gasteiger partial charge in [-0.3, -0.25) is 4.79 Å². The third kappa shape index (κ3) is 27.4. The van der Waals surface area contributed by atoms with E-state index < -0.39 is 0 Å². The molecule has 1 aliphatic rings. The average molecular weight is 614 g/mol. The van der Waals surface area contributed by atoms with Crippen molar-refractivity contribution in [3.05, 3.63) is 82.7 Å². The SMILES string of the molecule is C=C(C)C.C=C/C(Cl)=C(\C)NC(C)c1ccc(Cl)cc1Cl.CC[CH-]CO.O=[C-][C@H]1CCC(=O)N1.[CH2-]CC.[K+]. The van der Waals surface area contributed by atoms with Gasteiger partial charge in [0.05, 0.1) is 5.03 Å². The summed E-state index contributed by atoms with van der Waals surface area (Å²) in [5.41, 5.74) is 3.00. The number of hydrogen-bond donors (Lipinski definition) is 3. The first-order valence-corrected chi connectivity index (χ1v) is 13.2. The Kier molecular flexibility index (Phi) is 35.2. The van der Waals surface area contributed by atoms with Crippen molar-refractivity contribution in [3.8, 4) is 0 Å². The maximum atomic E-state index is 10.3. The van der Waals surface area contributed by atoms with Crippen molar-refractivity contribution in [2.24, 2.45) is 0 Å². The third-order valence-electron chi connectivity index (χ3n) is 3.95. The fourth-order valence-corrected chi connectivity index (χ4v) is 2.94. The Morgan fingerprint density at radius 1 is 1.34 bits per heavy atom. The van der Waals surface area contributed by atoms with Gasteiger partial charge >= 0.3 is 51.4 Å². The number of carbonyl (C=O) groups excluding carboxylic acids is 2. The van der Waals surface area contributed by atoms with Crippen LogP contribution in [0.2, 0.25) is 10.0 Å². The molecule has 0 spiro atoms. The Morgan fingerprint density at radius 2 is 1.87 bits per heavy atom. The van der Waals surface area contributed by atoms with Gasteiger partial charge in [0, 0.05) is 28.2 Å². The van der Waals surface area contributed by atoms with Crippen molar-refractivity contribution in [1.82, 2.24) is 10.6 Å². The van der Waals surface area contributed by atoms with E-state index in [9.17, 15) is 9.59 Å². The molecule has 1 aliphatic heterocycles. The van der Waals surface area contributed by atoms with Crippen LogP contribution in [0.15, 0.2) is 53.7 Å². The molecule has 0 aromatic heterocycles. The normalized spacial score (nSPS) is 14.3. The Morgan fingerprint density at radius 3 is 2.16 bits per heavy atom. The summed E-state index contributed by atoms with van der Waals surface area (Å²) in [4.78, 5) is 20.1. The van der Waals surface area contributed by atoms with Gasteiger partial charge in [0.25, 0.3) is 0 Å². The average Bonchev–Trinajstić information content (AvgIpc) is 3.25. The number of carbonyl (C=O) groups is 1. The van der Waals surface area contributed by atoms with Crippen LogP contribution in [0.25, 0.3) is 0 Å². The second kappa shape index (κ2) is 29.8. The van der Waals surface area contributed by atoms with Crippen LogP contribution in [-0.4, -0.2) is 29.9 Å². The smallest absolute Gasteiger partial charge is 0.540 e. The molecule has 1 fully saturated rings. The second-order valence-corrected chi connectivity index (χ2v) is 9.32. The third-order valence-corrected chi connectivity index (χ3v) is 4.96. The standard InChI is InChI=1S/C13H14Cl3N.C5H6NO2.C4H9O.C4H8.C3H7.K/c1-4-12(15)9(3)17-8(2)11-6-5-10(14)7-13(11)16;7-3-4-1-2-5(8)6-4;1-2-3-4-5;1-4(2)3;1-3-2;/h4-8,17H,1H2,2-3H3;4H,1-2H2,(H,6,8);3,5H,2,4H2,1H3;1H2,2-3H3;1,3H2,2H3;/q;2*-1;;-1;+1/b12-9-;;;;;/t;4-;;;;/m.1..../s1. The zero-order valence-electron chi connectivity index (χ0n) is 24.1. The van der Waals surface area contributed by atoms with E-state index in [4.69, 9.17) is 39.9 Å². The number of hydrogen-bond acceptors (Lipinski definition) is 4. The second-order valence-electron chi connectivity index (χ2n) is 8.07. The molecule has 0 saturated carbocycles. The summed E-state index contributed by atoms with van der Waals surface area (Å²) in [7, 11) is 0. The topological polar surface area (TPSA) is 78.4 Å². The molecule has 2 rings (SSSR count). The minimum absolute atomic E-state index is 0. The number of unbranched alkanes of at least 4 members (excludes halogenated alkanes) is 1. The van der Waals surface area contributed by atoms with Gasteiger partial charge in [-0.2, -0.15) is 12.8 Å². The Hall–Kier alpha value is -0.154. The predicted octanol–water partition coefficient (Wildman–Crippen LogP) is 5.08. The Balaban J connectivity index is -0.000000228. The molecule has 1 saturated heterocycles. The van der Waals surface area contributed by atoms with Gasteiger partial charge in [-0.1, -0.05) is 79.5 Å². The van der Waals surface area contributed by atoms with Crippen LogP contribution >= 0.6 is 34.8 Å². The molecule has 0 radical (unpaired) electrons. The summed E-state index contributed by atoms with van der Waals surface area (Å²) in [6.07, 6.45) is 8.17. The van der Waals surface area contributed by atoms with Gasteiger partial charge in [-0.05, 0) is 57.9 Å². The molecule has 1 heterocycles. The van der Waals surface area contributed by atoms with Crippen molar-refractivity contribution in [2.75, 3.05) is 6.61 Å². The van der Waals surface area contributed by atoms with Gasteiger partial charge in [0.2, 0.25) is 5.91 Å². The quantitative estimate of drug-likeness (QED) is 0.173. The van der Waals surface area contributed by atoms with Gasteiger partial charge < -0.3 is 33.9 Å². The van der Waals surface area contributed by atoms with Crippen LogP contribution in [0.5, 0.6) is 0 Å². The number of allylic oxidation sites excluding steroid dienone is 4. The molecule has 0 aliphatic carbocycles. The molecule has 0 bridgehead atoms. The summed E-state index contributed by atoms with van der Waals surface area (Å²) >= 11 is 17.9. The van der Waals surface area contributed by atoms with Gasteiger partial charge in [-0.15, -0.1) is 6.58 Å². The Bertz CT molecular complexity index is 827. The van der Waals surface area contributed by atoms with E-state index in [0.29, 0.717) is 27.9 Å². The van der Waals surface area contributed by atoms with Gasteiger partial charge in [0.15, 0.2) is 0 Å². The first-order chi connectivity index (χ1) is 17.3. The molecule has 38 heavy (non-hydrogen) atoms. The molecule has 3 N–H and O–H groups in total. The molecule has 1 unspecified atom stereocenters. The van der Waals surface area contributed by atoms with Crippen LogP contribution < -0.4 is 62.0 Å². The monoisotopic (exact) mass is 612 g/mol. The van der Waals surface area contributed by atoms with Crippen molar-refractivity contribution in [2.45, 2.75) is 79.3 Å². The summed E-state index contributed by atoms with van der Waals surface area (Å²) < 4.78 is 0. The molecule has 1 aromatic rings. The van der Waals surface area contributed by atoms with Crippen LogP contribution in [0.3, 0.4) is 0 Å². The van der Waals surface area contributed by atoms with Crippen molar-refractivity contribution in [1.29, 1.82) is 0 Å². The van der Waals surface area contributed by atoms with Crippen molar-refractivity contribution < 1.29 is 66.1 Å². The van der Waals surface area contributed by atoms with Crippen molar-refractivity contribution in [3.63, 3.8) is 0 Å². The van der Waals surface area contributed by atoms with E-state index in [0.717, 1.165) is 24.1 Å². The largest absolute Gasteiger partial charge is 1.00 e. The number of aliphatic hydroxyl groups excluding tert-OH is 1. The zero-order valence-corrected chi connectivity index (χ0v) is 29.5. The van der Waals surface area contributed by atoms with Crippen molar-refractivity contribution >= 4 is 47.0 Å². The summed E-state index contributed by atoms with van der Waals surface area (Å²) in [6.45, 7) is 22.7. The number of rotatable bonds is 7. The maximum absolute atomic E-state index is 10.3. The minimum Gasteiger partial charge on any atom is -0.540 e. The maximum Gasteiger partial charge on any atom is 1.00 e. The van der Waals surface area contributed by atoms with Crippen LogP contribution in [0.4, 0.5) is 0 Å². The van der Waals surface area contributed by atoms with Crippen LogP contribution in [0.1, 0.15) is 78.8 Å². The van der Waals surface area contributed by atoms with E-state index in [1.54, 1.807) is 24.8 Å². The number of amides is 1. The fraction of sp³-hybridized carbons (Fsp3) is 0.448. The summed E-state index contributed by atoms with van der Waals surface area (Å²) in [5.74, 6) is -0.0432. The molecule has 1 aromatic carbocycles. The van der Waals surface area contributed by atoms with E-state index >= 15 is 0 Å². The summed E-state index contributed by atoms with van der Waals surface area (Å²) in [5, 5.41) is 15.6. The van der Waals surface area contributed by atoms with E-state index in [1.807, 2.05) is 53.7 Å². The molecule has 2 atom stereocenters. The Labute approximate surface area is 289 Å². The number of halogens is 3. The molecular formula is C29H44Cl3KN2O3-2. The van der Waals surface area contributed by atoms with E-state index in [2.05, 4.69) is 30.7 Å². The van der Waals surface area contributed by atoms with Crippen LogP contribution in [0, 0.1) is 13.3 Å². The zero-order chi connectivity index (χ0) is 29.4. The fourth-order valence-electron chi connectivity index (χ4n) is 2.31. The van der Waals surface area contributed by atoms with Crippen LogP contribution in [-0.2, 0) is 9.59 Å². The van der Waals surface area contributed by atoms with Gasteiger partial charge in [0.1, 0.15) is 0 Å². The van der Waals surface area contributed by atoms with E-state index in [-0.39, 0.29) is 76.0 Å². The predicted molar refractivity (Wildman–Crippen MR) is 161 cm³/mol. The molecular weight excluding hydrogens is 570 g/mol. The first-order valence-electron chi connectivity index (χ1n) is 12.1. The number of nitrogens with one attached hydrogen (secondary N) is 2. The molecule has 212 valence electrons. The number of benzene rings is 1. The van der Waals surface area contributed by atoms with Gasteiger partial charge in [-0.25, -0.2) is 6.29 Å². The molecule has 5 nitrogen and oxygen atoms in total. The molecule has 1 amide bonds. The first kappa shape index (κ1) is 44.9. The van der Waals surface area contributed by atoms with E-state index in [1.165, 1.54) is 5.57 Å².